The fraction of sp³-hybridized carbons (Fsp3) is 0.947. The first kappa shape index (κ1) is 20.1. The van der Waals surface area contributed by atoms with Gasteiger partial charge in [0.05, 0.1) is 6.10 Å². The van der Waals surface area contributed by atoms with Crippen LogP contribution in [-0.2, 0) is 4.74 Å². The summed E-state index contributed by atoms with van der Waals surface area (Å²) < 4.78 is 6.06. The average molecular weight is 479 g/mol. The highest BCUT2D eigenvalue weighted by molar-refractivity contribution is 14.0. The summed E-state index contributed by atoms with van der Waals surface area (Å²) in [5.41, 5.74) is 0.422. The predicted octanol–water partition coefficient (Wildman–Crippen LogP) is 3.79. The minimum atomic E-state index is 0. The molecule has 0 aromatic rings. The second-order valence-corrected chi connectivity index (χ2v) is 9.28. The van der Waals surface area contributed by atoms with Gasteiger partial charge in [-0.05, 0) is 51.7 Å². The summed E-state index contributed by atoms with van der Waals surface area (Å²) in [6, 6.07) is 1.17. The van der Waals surface area contributed by atoms with Gasteiger partial charge < -0.3 is 15.4 Å². The van der Waals surface area contributed by atoms with Crippen LogP contribution in [0.25, 0.3) is 0 Å². The Balaban J connectivity index is 0.00000182. The van der Waals surface area contributed by atoms with E-state index in [4.69, 9.17) is 9.73 Å². The number of ether oxygens (including phenoxy) is 1. The maximum atomic E-state index is 6.06. The highest BCUT2D eigenvalue weighted by Crippen LogP contribution is 2.62. The molecule has 5 unspecified atom stereocenters. The SMILES string of the molecule is CCN=C(NC1CCCC(SC)C1)NC1C2CCOC2C12CCC2.I. The molecule has 0 aromatic heterocycles. The van der Waals surface area contributed by atoms with Crippen LogP contribution in [0.4, 0.5) is 0 Å². The Kier molecular flexibility index (Phi) is 6.86. The Hall–Kier alpha value is 0.310. The smallest absolute Gasteiger partial charge is 0.191 e. The van der Waals surface area contributed by atoms with Crippen LogP contribution in [0.3, 0.4) is 0 Å². The van der Waals surface area contributed by atoms with Crippen LogP contribution >= 0.6 is 35.7 Å². The molecule has 4 nitrogen and oxygen atoms in total. The van der Waals surface area contributed by atoms with E-state index in [1.165, 1.54) is 51.4 Å². The van der Waals surface area contributed by atoms with E-state index in [-0.39, 0.29) is 24.0 Å². The van der Waals surface area contributed by atoms with Crippen molar-refractivity contribution in [3.05, 3.63) is 0 Å². The van der Waals surface area contributed by atoms with Crippen LogP contribution in [0.5, 0.6) is 0 Å². The molecule has 1 saturated heterocycles. The summed E-state index contributed by atoms with van der Waals surface area (Å²) >= 11 is 2.03. The van der Waals surface area contributed by atoms with Crippen LogP contribution in [0.2, 0.25) is 0 Å². The number of nitrogens with zero attached hydrogens (tertiary/aromatic N) is 1. The third-order valence-corrected chi connectivity index (χ3v) is 8.04. The molecule has 1 heterocycles. The number of hydrogen-bond donors (Lipinski definition) is 2. The first-order valence-electron chi connectivity index (χ1n) is 9.98. The van der Waals surface area contributed by atoms with E-state index in [1.54, 1.807) is 0 Å². The fourth-order valence-electron chi connectivity index (χ4n) is 5.58. The first-order valence-corrected chi connectivity index (χ1v) is 11.3. The molecule has 1 aliphatic heterocycles. The van der Waals surface area contributed by atoms with Gasteiger partial charge in [0.15, 0.2) is 5.96 Å². The molecule has 3 saturated carbocycles. The molecule has 0 bridgehead atoms. The van der Waals surface area contributed by atoms with Gasteiger partial charge in [-0.15, -0.1) is 24.0 Å². The van der Waals surface area contributed by atoms with Gasteiger partial charge in [0.1, 0.15) is 0 Å². The van der Waals surface area contributed by atoms with Crippen molar-refractivity contribution in [1.82, 2.24) is 10.6 Å². The molecule has 4 fully saturated rings. The number of rotatable bonds is 4. The van der Waals surface area contributed by atoms with Crippen molar-refractivity contribution in [3.63, 3.8) is 0 Å². The van der Waals surface area contributed by atoms with Crippen LogP contribution in [0.1, 0.15) is 58.3 Å². The zero-order chi connectivity index (χ0) is 16.6. The van der Waals surface area contributed by atoms with E-state index >= 15 is 0 Å². The molecule has 25 heavy (non-hydrogen) atoms. The zero-order valence-electron chi connectivity index (χ0n) is 15.6. The molecule has 4 aliphatic rings. The van der Waals surface area contributed by atoms with E-state index < -0.39 is 0 Å². The Labute approximate surface area is 174 Å². The van der Waals surface area contributed by atoms with Gasteiger partial charge >= 0.3 is 0 Å². The molecule has 144 valence electrons. The van der Waals surface area contributed by atoms with Crippen molar-refractivity contribution in [2.24, 2.45) is 16.3 Å². The van der Waals surface area contributed by atoms with Gasteiger partial charge in [0, 0.05) is 41.8 Å². The molecule has 3 aliphatic carbocycles. The normalized spacial score (nSPS) is 39.0. The maximum Gasteiger partial charge on any atom is 0.191 e. The molecular weight excluding hydrogens is 445 g/mol. The standard InChI is InChI=1S/C19H33N3OS.HI/c1-3-20-18(21-13-6-4-7-14(12-13)24-2)22-16-15-8-11-23-17(15)19(16)9-5-10-19;/h13-17H,3-12H2,1-2H3,(H2,20,21,22);1H. The number of nitrogens with one attached hydrogen (secondary N) is 2. The Morgan fingerprint density at radius 1 is 1.20 bits per heavy atom. The largest absolute Gasteiger partial charge is 0.377 e. The van der Waals surface area contributed by atoms with Gasteiger partial charge in [-0.1, -0.05) is 12.8 Å². The van der Waals surface area contributed by atoms with Gasteiger partial charge in [0.25, 0.3) is 0 Å². The van der Waals surface area contributed by atoms with Crippen molar-refractivity contribution in [1.29, 1.82) is 0 Å². The third kappa shape index (κ3) is 3.68. The van der Waals surface area contributed by atoms with E-state index in [9.17, 15) is 0 Å². The van der Waals surface area contributed by atoms with Crippen LogP contribution < -0.4 is 10.6 Å². The molecule has 0 amide bonds. The summed E-state index contributed by atoms with van der Waals surface area (Å²) in [5, 5.41) is 8.44. The molecule has 1 spiro atoms. The lowest BCUT2D eigenvalue weighted by atomic mass is 9.46. The average Bonchev–Trinajstić information content (AvgIpc) is 2.96. The highest BCUT2D eigenvalue weighted by atomic mass is 127. The Morgan fingerprint density at radius 2 is 2.04 bits per heavy atom. The lowest BCUT2D eigenvalue weighted by molar-refractivity contribution is -0.171. The molecule has 5 atom stereocenters. The summed E-state index contributed by atoms with van der Waals surface area (Å²) in [6.07, 6.45) is 13.3. The van der Waals surface area contributed by atoms with Crippen molar-refractivity contribution < 1.29 is 4.74 Å². The summed E-state index contributed by atoms with van der Waals surface area (Å²) in [6.45, 7) is 3.94. The van der Waals surface area contributed by atoms with Crippen LogP contribution in [0, 0.1) is 11.3 Å². The van der Waals surface area contributed by atoms with Crippen molar-refractivity contribution >= 4 is 41.7 Å². The molecule has 4 rings (SSSR count). The van der Waals surface area contributed by atoms with E-state index in [0.29, 0.717) is 29.5 Å². The Bertz CT molecular complexity index is 485. The molecule has 2 N–H and O–H groups in total. The van der Waals surface area contributed by atoms with Crippen molar-refractivity contribution in [2.45, 2.75) is 81.7 Å². The molecule has 6 heteroatoms. The second-order valence-electron chi connectivity index (χ2n) is 8.14. The molecular formula is C19H34IN3OS. The monoisotopic (exact) mass is 479 g/mol. The first-order chi connectivity index (χ1) is 11.8. The van der Waals surface area contributed by atoms with Crippen molar-refractivity contribution in [2.75, 3.05) is 19.4 Å². The van der Waals surface area contributed by atoms with E-state index in [1.807, 2.05) is 11.8 Å². The maximum absolute atomic E-state index is 6.06. The van der Waals surface area contributed by atoms with Gasteiger partial charge in [0.2, 0.25) is 0 Å². The second kappa shape index (κ2) is 8.55. The minimum absolute atomic E-state index is 0. The lowest BCUT2D eigenvalue weighted by Gasteiger charge is -2.63. The summed E-state index contributed by atoms with van der Waals surface area (Å²) in [4.78, 5) is 4.78. The number of guanidine groups is 1. The summed E-state index contributed by atoms with van der Waals surface area (Å²) in [7, 11) is 0. The number of hydrogen-bond acceptors (Lipinski definition) is 3. The van der Waals surface area contributed by atoms with Crippen molar-refractivity contribution in [3.8, 4) is 0 Å². The van der Waals surface area contributed by atoms with Gasteiger partial charge in [-0.25, -0.2) is 0 Å². The number of aliphatic imine (C=N–C) groups is 1. The molecule has 0 radical (unpaired) electrons. The number of fused-ring (bicyclic) bond motifs is 2. The van der Waals surface area contributed by atoms with E-state index in [2.05, 4.69) is 23.8 Å². The van der Waals surface area contributed by atoms with Gasteiger partial charge in [-0.2, -0.15) is 11.8 Å². The summed E-state index contributed by atoms with van der Waals surface area (Å²) in [5.74, 6) is 1.77. The number of thioether (sulfide) groups is 1. The lowest BCUT2D eigenvalue weighted by Crippen LogP contribution is -2.72. The zero-order valence-corrected chi connectivity index (χ0v) is 18.8. The predicted molar refractivity (Wildman–Crippen MR) is 117 cm³/mol. The quantitative estimate of drug-likeness (QED) is 0.366. The fourth-order valence-corrected chi connectivity index (χ4v) is 6.40. The highest BCUT2D eigenvalue weighted by Gasteiger charge is 2.66. The minimum Gasteiger partial charge on any atom is -0.377 e. The number of halogens is 1. The van der Waals surface area contributed by atoms with Gasteiger partial charge in [-0.3, -0.25) is 4.99 Å². The van der Waals surface area contributed by atoms with E-state index in [0.717, 1.165) is 24.4 Å². The topological polar surface area (TPSA) is 45.7 Å². The molecule has 0 aromatic carbocycles. The van der Waals surface area contributed by atoms with Crippen LogP contribution in [-0.4, -0.2) is 48.8 Å². The Morgan fingerprint density at radius 3 is 2.72 bits per heavy atom. The van der Waals surface area contributed by atoms with Crippen LogP contribution in [0.15, 0.2) is 4.99 Å². The third-order valence-electron chi connectivity index (χ3n) is 6.94.